The second-order valence-electron chi connectivity index (χ2n) is 23.3. The molecule has 2 unspecified atom stereocenters. The van der Waals surface area contributed by atoms with Gasteiger partial charge in [-0.05, 0) is 119 Å². The Kier molecular flexibility index (Phi) is 20.7. The fraction of sp³-hybridized carbons (Fsp3) is 0.683. The number of benzene rings is 1. The maximum Gasteiger partial charge on any atom is 0.352 e. The zero-order chi connectivity index (χ0) is 57.6. The summed E-state index contributed by atoms with van der Waals surface area (Å²) in [6, 6.07) is 5.94. The van der Waals surface area contributed by atoms with Gasteiger partial charge < -0.3 is 43.5 Å². The van der Waals surface area contributed by atoms with Gasteiger partial charge in [0.25, 0.3) is 11.7 Å². The van der Waals surface area contributed by atoms with Crippen molar-refractivity contribution in [2.75, 3.05) is 35.0 Å². The number of carbonyl (C=O) groups excluding carboxylic acids is 5. The Labute approximate surface area is 464 Å². The minimum atomic E-state index is -2.54. The van der Waals surface area contributed by atoms with Gasteiger partial charge in [-0.2, -0.15) is 0 Å². The smallest absolute Gasteiger partial charge is 0.352 e. The number of rotatable bonds is 8. The van der Waals surface area contributed by atoms with E-state index in [1.165, 1.54) is 28.5 Å². The molecule has 5 aliphatic heterocycles. The third kappa shape index (κ3) is 13.3. The molecule has 1 aromatic carbocycles. The number of ether oxygens (including phenoxy) is 6. The molecule has 0 spiro atoms. The van der Waals surface area contributed by atoms with Crippen molar-refractivity contribution in [3.8, 4) is 5.69 Å². The van der Waals surface area contributed by atoms with Crippen LogP contribution in [-0.4, -0.2) is 148 Å². The van der Waals surface area contributed by atoms with E-state index in [1.807, 2.05) is 39.0 Å². The van der Waals surface area contributed by atoms with E-state index in [4.69, 9.17) is 28.4 Å². The van der Waals surface area contributed by atoms with Gasteiger partial charge in [-0.1, -0.05) is 77.1 Å². The normalized spacial score (nSPS) is 36.2. The van der Waals surface area contributed by atoms with Crippen molar-refractivity contribution in [2.24, 2.45) is 35.5 Å². The van der Waals surface area contributed by atoms with E-state index in [0.29, 0.717) is 55.4 Å². The SMILES string of the molecule is CO[C@H]1C[C@@H]2CC[C@@H](C)[C@@](O)(O2)C(=O)C(=O)N2CCCC[C@H]2C(=O)O[C@H]([C@H](C)C[C@@H]2CC[C@@H](OC)[C@H](OC)C2)CC(=O)[C@H](C)/C=C(\C)[C@@H](O)[C@@H](OC)C(=O)[C@H](C)C[C@H](C)C2C=CC(C=C1C)n1c(=O)n(-c3ccccc3)c(=O)n12. The summed E-state index contributed by atoms with van der Waals surface area (Å²) in [6.07, 6.45) is 6.73. The molecule has 79 heavy (non-hydrogen) atoms. The Morgan fingerprint density at radius 3 is 2.13 bits per heavy atom. The van der Waals surface area contributed by atoms with E-state index in [1.54, 1.807) is 78.3 Å². The number of Topliss-reactive ketones (excluding diaryl/α,β-unsaturated/α-hetero) is 3. The summed E-state index contributed by atoms with van der Waals surface area (Å²) >= 11 is 0. The molecule has 1 saturated carbocycles. The van der Waals surface area contributed by atoms with Gasteiger partial charge in [0.1, 0.15) is 30.1 Å². The molecular formula is C60H86N4O15. The summed E-state index contributed by atoms with van der Waals surface area (Å²) in [5.41, 5.74) is 0.169. The lowest BCUT2D eigenvalue weighted by Crippen LogP contribution is -2.61. The van der Waals surface area contributed by atoms with Crippen LogP contribution in [-0.2, 0) is 52.4 Å². The van der Waals surface area contributed by atoms with Crippen LogP contribution in [0.15, 0.2) is 75.4 Å². The maximum absolute atomic E-state index is 14.6. The van der Waals surface area contributed by atoms with Crippen molar-refractivity contribution in [2.45, 2.75) is 192 Å². The number of esters is 1. The lowest BCUT2D eigenvalue weighted by molar-refractivity contribution is -0.265. The van der Waals surface area contributed by atoms with Crippen molar-refractivity contribution in [1.82, 2.24) is 18.8 Å². The second kappa shape index (κ2) is 26.6. The molecule has 2 N–H and O–H groups in total. The average Bonchev–Trinajstić information content (AvgIpc) is 3.78. The first-order valence-corrected chi connectivity index (χ1v) is 28.5. The molecule has 19 heteroatoms. The van der Waals surface area contributed by atoms with Crippen molar-refractivity contribution in [3.63, 3.8) is 0 Å². The van der Waals surface area contributed by atoms with Crippen molar-refractivity contribution >= 4 is 29.2 Å². The zero-order valence-corrected chi connectivity index (χ0v) is 48.1. The summed E-state index contributed by atoms with van der Waals surface area (Å²) < 4.78 is 39.8. The number of ketones is 3. The molecule has 19 nitrogen and oxygen atoms in total. The van der Waals surface area contributed by atoms with Crippen LogP contribution in [0.25, 0.3) is 5.69 Å². The Bertz CT molecular complexity index is 2710. The van der Waals surface area contributed by atoms with Gasteiger partial charge in [-0.25, -0.2) is 28.3 Å². The Balaban J connectivity index is 1.26. The fourth-order valence-electron chi connectivity index (χ4n) is 12.9. The fourth-order valence-corrected chi connectivity index (χ4v) is 12.9. The number of hydrogen-bond acceptors (Lipinski definition) is 15. The van der Waals surface area contributed by atoms with Crippen LogP contribution >= 0.6 is 0 Å². The molecule has 6 aliphatic rings. The number of amides is 1. The predicted molar refractivity (Wildman–Crippen MR) is 293 cm³/mol. The molecule has 3 fully saturated rings. The van der Waals surface area contributed by atoms with Gasteiger partial charge in [-0.3, -0.25) is 19.2 Å². The van der Waals surface area contributed by atoms with E-state index in [2.05, 4.69) is 0 Å². The van der Waals surface area contributed by atoms with Crippen molar-refractivity contribution in [1.29, 1.82) is 0 Å². The van der Waals surface area contributed by atoms with E-state index >= 15 is 0 Å². The molecule has 6 heterocycles. The highest BCUT2D eigenvalue weighted by Crippen LogP contribution is 2.39. The number of fused-ring (bicyclic) bond motifs is 15. The first-order valence-electron chi connectivity index (χ1n) is 28.5. The minimum absolute atomic E-state index is 0.0440. The number of methoxy groups -OCH3 is 4. The number of allylic oxidation sites excluding steroid dienone is 4. The average molecular weight is 1100 g/mol. The number of para-hydroxylation sites is 1. The highest BCUT2D eigenvalue weighted by molar-refractivity contribution is 6.39. The lowest BCUT2D eigenvalue weighted by atomic mass is 9.78. The quantitative estimate of drug-likeness (QED) is 0.171. The predicted octanol–water partition coefficient (Wildman–Crippen LogP) is 6.19. The number of hydrogen-bond donors (Lipinski definition) is 2. The van der Waals surface area contributed by atoms with Gasteiger partial charge in [0, 0.05) is 65.6 Å². The number of aliphatic hydroxyl groups is 2. The molecule has 8 rings (SSSR count). The Hall–Kier alpha value is -5.15. The van der Waals surface area contributed by atoms with E-state index in [-0.39, 0.29) is 62.1 Å². The lowest BCUT2D eigenvalue weighted by Gasteiger charge is -2.43. The third-order valence-corrected chi connectivity index (χ3v) is 17.8. The van der Waals surface area contributed by atoms with Crippen LogP contribution in [0.5, 0.6) is 0 Å². The van der Waals surface area contributed by atoms with Crippen LogP contribution in [0, 0.1) is 35.5 Å². The molecule has 1 aliphatic carbocycles. The van der Waals surface area contributed by atoms with Crippen LogP contribution < -0.4 is 11.4 Å². The highest BCUT2D eigenvalue weighted by atomic mass is 16.6. The molecular weight excluding hydrogens is 1020 g/mol. The first kappa shape index (κ1) is 61.5. The minimum Gasteiger partial charge on any atom is -0.460 e. The van der Waals surface area contributed by atoms with Gasteiger partial charge in [0.05, 0.1) is 42.2 Å². The number of nitrogens with zero attached hydrogens (tertiary/aromatic N) is 4. The van der Waals surface area contributed by atoms with E-state index in [9.17, 15) is 43.8 Å². The van der Waals surface area contributed by atoms with Gasteiger partial charge >= 0.3 is 17.3 Å². The molecule has 17 atom stereocenters. The number of aromatic nitrogens is 3. The number of aliphatic hydroxyl groups excluding tert-OH is 1. The number of piperidine rings is 1. The third-order valence-electron chi connectivity index (χ3n) is 17.8. The summed E-state index contributed by atoms with van der Waals surface area (Å²) in [7, 11) is 6.16. The monoisotopic (exact) mass is 1100 g/mol. The van der Waals surface area contributed by atoms with E-state index < -0.39 is 113 Å². The molecule has 1 aromatic heterocycles. The topological polar surface area (TPSA) is 233 Å². The number of carbonyl (C=O) groups is 5. The summed E-state index contributed by atoms with van der Waals surface area (Å²) in [5.74, 6) is -9.19. The summed E-state index contributed by atoms with van der Waals surface area (Å²) in [6.45, 7) is 12.3. The molecule has 1 amide bonds. The molecule has 2 aromatic rings. The summed E-state index contributed by atoms with van der Waals surface area (Å²) in [4.78, 5) is 103. The second-order valence-corrected chi connectivity index (χ2v) is 23.3. The maximum atomic E-state index is 14.6. The van der Waals surface area contributed by atoms with Crippen LogP contribution in [0.1, 0.15) is 138 Å². The largest absolute Gasteiger partial charge is 0.460 e. The van der Waals surface area contributed by atoms with E-state index in [0.717, 1.165) is 17.4 Å². The van der Waals surface area contributed by atoms with Gasteiger partial charge in [0.2, 0.25) is 5.79 Å². The molecule has 2 saturated heterocycles. The van der Waals surface area contributed by atoms with Crippen molar-refractivity contribution < 1.29 is 62.6 Å². The Morgan fingerprint density at radius 2 is 1.46 bits per heavy atom. The van der Waals surface area contributed by atoms with Gasteiger partial charge in [-0.15, -0.1) is 0 Å². The zero-order valence-electron chi connectivity index (χ0n) is 48.1. The van der Waals surface area contributed by atoms with Gasteiger partial charge in [0.15, 0.2) is 5.78 Å². The Morgan fingerprint density at radius 1 is 0.759 bits per heavy atom. The van der Waals surface area contributed by atoms with Crippen LogP contribution in [0.4, 0.5) is 0 Å². The van der Waals surface area contributed by atoms with Crippen LogP contribution in [0.3, 0.4) is 0 Å². The first-order chi connectivity index (χ1) is 37.6. The van der Waals surface area contributed by atoms with Crippen molar-refractivity contribution in [3.05, 3.63) is 86.8 Å². The molecule has 0 radical (unpaired) electrons. The molecule has 4 bridgehead atoms. The summed E-state index contributed by atoms with van der Waals surface area (Å²) in [5, 5.41) is 24.0. The standard InChI is InChI=1S/C60H86N4O15/c1-34-27-38(5)52(66)54(77-11)53(67)39(6)28-35(2)47(65)33-50(36(3)29-41-21-25-48(74-8)51(31-41)76-10)78-57(70)46-19-15-16-26-61(46)56(69)55(68)60(73)40(7)20-23-44(79-60)32-49(75-9)37(4)30-43-22-24-45(34)64-59(72)62(58(71)63(43)64)42-17-13-12-14-18-42/h12-14,17-18,22,24,28,30,34-36,38,40-41,43-46,48-51,53-54,67,73H,15-16,19-21,23,25-27,29,31-33H2,1-11H3/b37-30?,39-28+/t34-,35+,36+,38+,40+,41-,43?,44-,45?,46-,48+,49-,50-,51+,53+,54-,60+/m0/s1. The molecule has 436 valence electrons. The van der Waals surface area contributed by atoms with Crippen LogP contribution in [0.2, 0.25) is 0 Å². The highest BCUT2D eigenvalue weighted by Gasteiger charge is 2.53.